The van der Waals surface area contributed by atoms with Gasteiger partial charge in [0.2, 0.25) is 0 Å². The lowest BCUT2D eigenvalue weighted by Gasteiger charge is -2.19. The molecule has 2 fully saturated rings. The van der Waals surface area contributed by atoms with Crippen LogP contribution in [0.3, 0.4) is 0 Å². The van der Waals surface area contributed by atoms with Crippen molar-refractivity contribution in [3.05, 3.63) is 23.9 Å². The number of aromatic nitrogens is 1. The number of anilines is 1. The van der Waals surface area contributed by atoms with Gasteiger partial charge in [-0.3, -0.25) is 4.79 Å². The van der Waals surface area contributed by atoms with Crippen molar-refractivity contribution in [1.82, 2.24) is 9.88 Å². The van der Waals surface area contributed by atoms with Gasteiger partial charge in [-0.25, -0.2) is 4.98 Å². The maximum absolute atomic E-state index is 12.3. The second kappa shape index (κ2) is 5.19. The van der Waals surface area contributed by atoms with Crippen LogP contribution in [-0.2, 0) is 0 Å². The molecule has 0 aromatic carbocycles. The monoisotopic (exact) mass is 259 g/mol. The molecule has 4 heteroatoms. The number of pyridine rings is 1. The maximum Gasteiger partial charge on any atom is 0.272 e. The second-order valence-electron chi connectivity index (χ2n) is 5.72. The Bertz CT molecular complexity index is 468. The summed E-state index contributed by atoms with van der Waals surface area (Å²) in [4.78, 5) is 21.1. The first-order chi connectivity index (χ1) is 9.24. The first-order valence-electron chi connectivity index (χ1n) is 7.25. The topological polar surface area (TPSA) is 36.4 Å². The molecular formula is C15H21N3O. The number of rotatable bonds is 2. The Morgan fingerprint density at radius 1 is 1.26 bits per heavy atom. The summed E-state index contributed by atoms with van der Waals surface area (Å²) in [5.74, 6) is 1.76. The van der Waals surface area contributed by atoms with Crippen LogP contribution in [0, 0.1) is 5.92 Å². The number of carbonyl (C=O) groups is 1. The Hall–Kier alpha value is -1.58. The van der Waals surface area contributed by atoms with Crippen molar-refractivity contribution in [2.75, 3.05) is 31.1 Å². The minimum Gasteiger partial charge on any atom is -0.356 e. The van der Waals surface area contributed by atoms with Gasteiger partial charge in [-0.2, -0.15) is 0 Å². The molecule has 19 heavy (non-hydrogen) atoms. The lowest BCUT2D eigenvalue weighted by atomic mass is 10.2. The van der Waals surface area contributed by atoms with Gasteiger partial charge in [0.05, 0.1) is 0 Å². The average Bonchev–Trinajstić information content (AvgIpc) is 3.09. The average molecular weight is 259 g/mol. The molecule has 0 radical (unpaired) electrons. The van der Waals surface area contributed by atoms with Crippen LogP contribution in [0.2, 0.25) is 0 Å². The summed E-state index contributed by atoms with van der Waals surface area (Å²) in [7, 11) is 0. The largest absolute Gasteiger partial charge is 0.356 e. The molecule has 2 aliphatic rings. The number of hydrogen-bond acceptors (Lipinski definition) is 3. The summed E-state index contributed by atoms with van der Waals surface area (Å²) < 4.78 is 0. The molecule has 3 heterocycles. The third kappa shape index (κ3) is 2.57. The zero-order chi connectivity index (χ0) is 13.2. The molecule has 0 bridgehead atoms. The molecule has 0 saturated carbocycles. The van der Waals surface area contributed by atoms with Crippen LogP contribution >= 0.6 is 0 Å². The van der Waals surface area contributed by atoms with Gasteiger partial charge in [0.15, 0.2) is 0 Å². The van der Waals surface area contributed by atoms with E-state index in [0.29, 0.717) is 5.69 Å². The number of hydrogen-bond donors (Lipinski definition) is 0. The Labute approximate surface area is 114 Å². The Balaban J connectivity index is 1.77. The Morgan fingerprint density at radius 2 is 2.05 bits per heavy atom. The number of carbonyl (C=O) groups excluding carboxylic acids is 1. The summed E-state index contributed by atoms with van der Waals surface area (Å²) in [6, 6.07) is 5.80. The Morgan fingerprint density at radius 3 is 2.74 bits per heavy atom. The molecular weight excluding hydrogens is 238 g/mol. The van der Waals surface area contributed by atoms with Gasteiger partial charge in [-0.05, 0) is 37.3 Å². The van der Waals surface area contributed by atoms with Gasteiger partial charge in [0, 0.05) is 26.2 Å². The lowest BCUT2D eigenvalue weighted by molar-refractivity contribution is 0.0787. The highest BCUT2D eigenvalue weighted by molar-refractivity contribution is 5.92. The van der Waals surface area contributed by atoms with Crippen molar-refractivity contribution in [2.45, 2.75) is 26.2 Å². The van der Waals surface area contributed by atoms with Crippen LogP contribution in [0.25, 0.3) is 0 Å². The summed E-state index contributed by atoms with van der Waals surface area (Å²) in [6.45, 7) is 6.13. The maximum atomic E-state index is 12.3. The highest BCUT2D eigenvalue weighted by atomic mass is 16.2. The molecule has 2 saturated heterocycles. The minimum atomic E-state index is 0.0894. The van der Waals surface area contributed by atoms with E-state index in [1.807, 2.05) is 23.1 Å². The quantitative estimate of drug-likeness (QED) is 0.816. The lowest BCUT2D eigenvalue weighted by Crippen LogP contribution is -2.29. The first-order valence-corrected chi connectivity index (χ1v) is 7.25. The van der Waals surface area contributed by atoms with E-state index in [1.54, 1.807) is 0 Å². The van der Waals surface area contributed by atoms with Gasteiger partial charge in [0.1, 0.15) is 11.5 Å². The second-order valence-corrected chi connectivity index (χ2v) is 5.72. The van der Waals surface area contributed by atoms with Gasteiger partial charge in [-0.1, -0.05) is 13.0 Å². The van der Waals surface area contributed by atoms with E-state index in [0.717, 1.165) is 50.8 Å². The summed E-state index contributed by atoms with van der Waals surface area (Å²) in [5, 5.41) is 0. The number of likely N-dealkylation sites (tertiary alicyclic amines) is 1. The zero-order valence-electron chi connectivity index (χ0n) is 11.5. The van der Waals surface area contributed by atoms with Crippen LogP contribution in [0.1, 0.15) is 36.7 Å². The summed E-state index contributed by atoms with van der Waals surface area (Å²) >= 11 is 0. The SMILES string of the molecule is CC1CCN(c2cccc(C(=O)N3CCCC3)n2)C1. The van der Waals surface area contributed by atoms with Crippen LogP contribution in [0.5, 0.6) is 0 Å². The predicted octanol–water partition coefficient (Wildman–Crippen LogP) is 2.16. The first kappa shape index (κ1) is 12.5. The van der Waals surface area contributed by atoms with Crippen molar-refractivity contribution >= 4 is 11.7 Å². The third-order valence-electron chi connectivity index (χ3n) is 4.09. The van der Waals surface area contributed by atoms with E-state index < -0.39 is 0 Å². The fraction of sp³-hybridized carbons (Fsp3) is 0.600. The van der Waals surface area contributed by atoms with Gasteiger partial charge in [0.25, 0.3) is 5.91 Å². The standard InChI is InChI=1S/C15H21N3O/c1-12-7-10-18(11-12)14-6-4-5-13(16-14)15(19)17-8-2-3-9-17/h4-6,12H,2-3,7-11H2,1H3. The van der Waals surface area contributed by atoms with E-state index >= 15 is 0 Å². The van der Waals surface area contributed by atoms with Crippen molar-refractivity contribution in [2.24, 2.45) is 5.92 Å². The Kier molecular flexibility index (Phi) is 3.40. The smallest absolute Gasteiger partial charge is 0.272 e. The minimum absolute atomic E-state index is 0.0894. The molecule has 0 N–H and O–H groups in total. The molecule has 4 nitrogen and oxygen atoms in total. The van der Waals surface area contributed by atoms with Crippen molar-refractivity contribution in [1.29, 1.82) is 0 Å². The van der Waals surface area contributed by atoms with E-state index in [-0.39, 0.29) is 5.91 Å². The highest BCUT2D eigenvalue weighted by Crippen LogP contribution is 2.22. The van der Waals surface area contributed by atoms with Crippen molar-refractivity contribution in [3.8, 4) is 0 Å². The van der Waals surface area contributed by atoms with E-state index in [2.05, 4.69) is 16.8 Å². The van der Waals surface area contributed by atoms with E-state index in [1.165, 1.54) is 6.42 Å². The van der Waals surface area contributed by atoms with Crippen LogP contribution < -0.4 is 4.90 Å². The van der Waals surface area contributed by atoms with Crippen LogP contribution in [0.4, 0.5) is 5.82 Å². The normalized spacial score (nSPS) is 23.1. The number of nitrogens with zero attached hydrogens (tertiary/aromatic N) is 3. The molecule has 102 valence electrons. The van der Waals surface area contributed by atoms with E-state index in [4.69, 9.17) is 0 Å². The van der Waals surface area contributed by atoms with Crippen LogP contribution in [-0.4, -0.2) is 42.0 Å². The molecule has 0 aliphatic carbocycles. The van der Waals surface area contributed by atoms with Crippen molar-refractivity contribution < 1.29 is 4.79 Å². The molecule has 1 aromatic heterocycles. The fourth-order valence-electron chi connectivity index (χ4n) is 2.94. The molecule has 2 aliphatic heterocycles. The highest BCUT2D eigenvalue weighted by Gasteiger charge is 2.23. The molecule has 1 atom stereocenters. The predicted molar refractivity (Wildman–Crippen MR) is 75.4 cm³/mol. The zero-order valence-corrected chi connectivity index (χ0v) is 11.5. The van der Waals surface area contributed by atoms with Gasteiger partial charge < -0.3 is 9.80 Å². The molecule has 3 rings (SSSR count). The van der Waals surface area contributed by atoms with Crippen molar-refractivity contribution in [3.63, 3.8) is 0 Å². The summed E-state index contributed by atoms with van der Waals surface area (Å²) in [5.41, 5.74) is 0.596. The van der Waals surface area contributed by atoms with Gasteiger partial charge >= 0.3 is 0 Å². The molecule has 1 aromatic rings. The van der Waals surface area contributed by atoms with E-state index in [9.17, 15) is 4.79 Å². The molecule has 1 amide bonds. The van der Waals surface area contributed by atoms with Crippen LogP contribution in [0.15, 0.2) is 18.2 Å². The molecule has 0 spiro atoms. The fourth-order valence-corrected chi connectivity index (χ4v) is 2.94. The third-order valence-corrected chi connectivity index (χ3v) is 4.09. The summed E-state index contributed by atoms with van der Waals surface area (Å²) in [6.07, 6.45) is 3.45. The molecule has 1 unspecified atom stereocenters. The number of amides is 1. The van der Waals surface area contributed by atoms with Gasteiger partial charge in [-0.15, -0.1) is 0 Å².